The Morgan fingerprint density at radius 3 is 2.79 bits per heavy atom. The second-order valence-corrected chi connectivity index (χ2v) is 6.21. The summed E-state index contributed by atoms with van der Waals surface area (Å²) in [6.07, 6.45) is 5.49. The molecule has 0 saturated heterocycles. The van der Waals surface area contributed by atoms with Crippen LogP contribution >= 0.6 is 0 Å². The third-order valence-corrected chi connectivity index (χ3v) is 4.62. The molecule has 1 fully saturated rings. The van der Waals surface area contributed by atoms with Gasteiger partial charge in [0.1, 0.15) is 5.75 Å². The van der Waals surface area contributed by atoms with Crippen LogP contribution < -0.4 is 5.32 Å². The first kappa shape index (κ1) is 14.4. The maximum atomic E-state index is 9.95. The van der Waals surface area contributed by atoms with Gasteiger partial charge in [0, 0.05) is 11.6 Å². The van der Waals surface area contributed by atoms with Gasteiger partial charge in [0.2, 0.25) is 0 Å². The summed E-state index contributed by atoms with van der Waals surface area (Å²) in [5.41, 5.74) is 2.22. The van der Waals surface area contributed by atoms with Crippen molar-refractivity contribution in [1.29, 1.82) is 0 Å². The number of rotatable bonds is 4. The van der Waals surface area contributed by atoms with E-state index in [4.69, 9.17) is 0 Å². The van der Waals surface area contributed by atoms with Crippen molar-refractivity contribution >= 4 is 0 Å². The Morgan fingerprint density at radius 2 is 2.05 bits per heavy atom. The van der Waals surface area contributed by atoms with Gasteiger partial charge in [-0.05, 0) is 44.7 Å². The van der Waals surface area contributed by atoms with Gasteiger partial charge in [0.15, 0.2) is 0 Å². The molecule has 1 saturated carbocycles. The van der Waals surface area contributed by atoms with Crippen molar-refractivity contribution in [3.63, 3.8) is 0 Å². The van der Waals surface area contributed by atoms with E-state index in [2.05, 4.69) is 32.2 Å². The third kappa shape index (κ3) is 3.73. The minimum atomic E-state index is 0.217. The largest absolute Gasteiger partial charge is 0.508 e. The van der Waals surface area contributed by atoms with Gasteiger partial charge in [-0.25, -0.2) is 0 Å². The zero-order chi connectivity index (χ0) is 13.8. The van der Waals surface area contributed by atoms with Crippen molar-refractivity contribution in [3.05, 3.63) is 29.3 Å². The standard InChI is InChI=1S/C17H27NO/c1-12-8-9-17(19)16(10-12)14(3)18-11-15-7-5-4-6-13(15)2/h8-10,13-15,18-19H,4-7,11H2,1-3H3. The number of benzene rings is 1. The summed E-state index contributed by atoms with van der Waals surface area (Å²) < 4.78 is 0. The molecule has 0 bridgehead atoms. The average Bonchev–Trinajstić information content (AvgIpc) is 2.40. The van der Waals surface area contributed by atoms with Crippen LogP contribution in [0.2, 0.25) is 0 Å². The van der Waals surface area contributed by atoms with Gasteiger partial charge in [-0.15, -0.1) is 0 Å². The lowest BCUT2D eigenvalue weighted by molar-refractivity contribution is 0.242. The molecule has 0 aliphatic heterocycles. The van der Waals surface area contributed by atoms with Crippen LogP contribution in [0.3, 0.4) is 0 Å². The van der Waals surface area contributed by atoms with Crippen LogP contribution in [0.4, 0.5) is 0 Å². The van der Waals surface area contributed by atoms with Crippen LogP contribution in [-0.4, -0.2) is 11.7 Å². The van der Waals surface area contributed by atoms with E-state index in [0.717, 1.165) is 23.9 Å². The van der Waals surface area contributed by atoms with Crippen molar-refractivity contribution in [1.82, 2.24) is 5.32 Å². The summed E-state index contributed by atoms with van der Waals surface area (Å²) >= 11 is 0. The van der Waals surface area contributed by atoms with Crippen LogP contribution in [0, 0.1) is 18.8 Å². The van der Waals surface area contributed by atoms with E-state index < -0.39 is 0 Å². The van der Waals surface area contributed by atoms with E-state index in [9.17, 15) is 5.11 Å². The second kappa shape index (κ2) is 6.42. The maximum Gasteiger partial charge on any atom is 0.120 e. The first-order chi connectivity index (χ1) is 9.08. The van der Waals surface area contributed by atoms with Gasteiger partial charge in [0.25, 0.3) is 0 Å². The molecule has 2 heteroatoms. The lowest BCUT2D eigenvalue weighted by Crippen LogP contribution is -2.31. The summed E-state index contributed by atoms with van der Waals surface area (Å²) in [5.74, 6) is 2.03. The highest BCUT2D eigenvalue weighted by molar-refractivity contribution is 5.37. The highest BCUT2D eigenvalue weighted by atomic mass is 16.3. The van der Waals surface area contributed by atoms with E-state index in [0.29, 0.717) is 5.75 Å². The monoisotopic (exact) mass is 261 g/mol. The first-order valence-corrected chi connectivity index (χ1v) is 7.61. The molecule has 0 radical (unpaired) electrons. The van der Waals surface area contributed by atoms with Crippen molar-refractivity contribution in [2.75, 3.05) is 6.54 Å². The predicted molar refractivity (Wildman–Crippen MR) is 80.4 cm³/mol. The molecule has 2 rings (SSSR count). The Balaban J connectivity index is 1.93. The minimum absolute atomic E-state index is 0.217. The van der Waals surface area contributed by atoms with Crippen molar-refractivity contribution in [2.24, 2.45) is 11.8 Å². The van der Waals surface area contributed by atoms with Crippen molar-refractivity contribution in [2.45, 2.75) is 52.5 Å². The molecule has 19 heavy (non-hydrogen) atoms. The average molecular weight is 261 g/mol. The molecule has 0 amide bonds. The molecule has 106 valence electrons. The van der Waals surface area contributed by atoms with Crippen LogP contribution in [0.1, 0.15) is 56.7 Å². The number of aromatic hydroxyl groups is 1. The van der Waals surface area contributed by atoms with E-state index in [1.54, 1.807) is 6.07 Å². The Hall–Kier alpha value is -1.02. The molecule has 0 heterocycles. The van der Waals surface area contributed by atoms with Crippen LogP contribution in [0.25, 0.3) is 0 Å². The number of phenols is 1. The number of phenolic OH excluding ortho intramolecular Hbond substituents is 1. The smallest absolute Gasteiger partial charge is 0.120 e. The molecule has 3 unspecified atom stereocenters. The van der Waals surface area contributed by atoms with Gasteiger partial charge in [-0.3, -0.25) is 0 Å². The zero-order valence-corrected chi connectivity index (χ0v) is 12.4. The molecular weight excluding hydrogens is 234 g/mol. The molecule has 1 aromatic rings. The van der Waals surface area contributed by atoms with Gasteiger partial charge in [-0.2, -0.15) is 0 Å². The molecular formula is C17H27NO. The molecule has 0 spiro atoms. The van der Waals surface area contributed by atoms with E-state index >= 15 is 0 Å². The highest BCUT2D eigenvalue weighted by Gasteiger charge is 2.22. The summed E-state index contributed by atoms with van der Waals surface area (Å²) in [7, 11) is 0. The SMILES string of the molecule is Cc1ccc(O)c(C(C)NCC2CCCCC2C)c1. The van der Waals surface area contributed by atoms with E-state index in [1.807, 2.05) is 6.07 Å². The fraction of sp³-hybridized carbons (Fsp3) is 0.647. The summed E-state index contributed by atoms with van der Waals surface area (Å²) in [6.45, 7) is 7.65. The molecule has 1 aliphatic rings. The van der Waals surface area contributed by atoms with E-state index in [1.165, 1.54) is 31.2 Å². The van der Waals surface area contributed by atoms with Crippen LogP contribution in [0.5, 0.6) is 5.75 Å². The zero-order valence-electron chi connectivity index (χ0n) is 12.4. The molecule has 0 aromatic heterocycles. The fourth-order valence-electron chi connectivity index (χ4n) is 3.16. The molecule has 1 aromatic carbocycles. The number of hydrogen-bond donors (Lipinski definition) is 2. The van der Waals surface area contributed by atoms with Gasteiger partial charge < -0.3 is 10.4 Å². The lowest BCUT2D eigenvalue weighted by Gasteiger charge is -2.30. The predicted octanol–water partition coefficient (Wildman–Crippen LogP) is 4.18. The molecule has 1 aliphatic carbocycles. The van der Waals surface area contributed by atoms with Crippen LogP contribution in [0.15, 0.2) is 18.2 Å². The van der Waals surface area contributed by atoms with Gasteiger partial charge in [-0.1, -0.05) is 43.9 Å². The summed E-state index contributed by atoms with van der Waals surface area (Å²) in [6, 6.07) is 6.05. The number of hydrogen-bond acceptors (Lipinski definition) is 2. The molecule has 3 atom stereocenters. The lowest BCUT2D eigenvalue weighted by atomic mass is 9.80. The van der Waals surface area contributed by atoms with Crippen molar-refractivity contribution in [3.8, 4) is 5.75 Å². The van der Waals surface area contributed by atoms with Gasteiger partial charge >= 0.3 is 0 Å². The Morgan fingerprint density at radius 1 is 1.32 bits per heavy atom. The van der Waals surface area contributed by atoms with Crippen LogP contribution in [-0.2, 0) is 0 Å². The quantitative estimate of drug-likeness (QED) is 0.852. The first-order valence-electron chi connectivity index (χ1n) is 7.61. The highest BCUT2D eigenvalue weighted by Crippen LogP contribution is 2.30. The van der Waals surface area contributed by atoms with Gasteiger partial charge in [0.05, 0.1) is 0 Å². The normalized spacial score (nSPS) is 25.2. The Kier molecular flexibility index (Phi) is 4.87. The third-order valence-electron chi connectivity index (χ3n) is 4.62. The molecule has 2 nitrogen and oxygen atoms in total. The summed E-state index contributed by atoms with van der Waals surface area (Å²) in [5, 5.41) is 13.6. The number of aryl methyl sites for hydroxylation is 1. The maximum absolute atomic E-state index is 9.95. The summed E-state index contributed by atoms with van der Waals surface area (Å²) in [4.78, 5) is 0. The van der Waals surface area contributed by atoms with Crippen molar-refractivity contribution < 1.29 is 5.11 Å². The fourth-order valence-corrected chi connectivity index (χ4v) is 3.16. The minimum Gasteiger partial charge on any atom is -0.508 e. The second-order valence-electron chi connectivity index (χ2n) is 6.21. The molecule has 2 N–H and O–H groups in total. The van der Waals surface area contributed by atoms with E-state index in [-0.39, 0.29) is 6.04 Å². The topological polar surface area (TPSA) is 32.3 Å². The number of nitrogens with one attached hydrogen (secondary N) is 1. The Bertz CT molecular complexity index is 416. The Labute approximate surface area is 117 Å².